The van der Waals surface area contributed by atoms with E-state index in [9.17, 15) is 4.79 Å². The van der Waals surface area contributed by atoms with Crippen LogP contribution in [0.5, 0.6) is 11.5 Å². The lowest BCUT2D eigenvalue weighted by Gasteiger charge is -2.11. The molecule has 3 heteroatoms. The van der Waals surface area contributed by atoms with Gasteiger partial charge in [0.25, 0.3) is 0 Å². The van der Waals surface area contributed by atoms with Gasteiger partial charge in [0.05, 0.1) is 0 Å². The lowest BCUT2D eigenvalue weighted by atomic mass is 10.1. The third-order valence-corrected chi connectivity index (χ3v) is 3.20. The number of aliphatic carboxylic acids is 1. The van der Waals surface area contributed by atoms with Crippen molar-refractivity contribution in [1.82, 2.24) is 0 Å². The molecule has 0 heterocycles. The monoisotopic (exact) mass is 282 g/mol. The van der Waals surface area contributed by atoms with Gasteiger partial charge in [-0.05, 0) is 61.7 Å². The van der Waals surface area contributed by atoms with Crippen molar-refractivity contribution in [2.75, 3.05) is 0 Å². The van der Waals surface area contributed by atoms with E-state index >= 15 is 0 Å². The molecular formula is C18H18O3. The number of carbonyl (C=O) groups is 1. The Hall–Kier alpha value is -2.55. The van der Waals surface area contributed by atoms with Crippen molar-refractivity contribution >= 4 is 12.0 Å². The van der Waals surface area contributed by atoms with Crippen molar-refractivity contribution in [3.63, 3.8) is 0 Å². The summed E-state index contributed by atoms with van der Waals surface area (Å²) in [6.07, 6.45) is 2.71. The third kappa shape index (κ3) is 3.96. The zero-order valence-electron chi connectivity index (χ0n) is 12.4. The van der Waals surface area contributed by atoms with Crippen LogP contribution in [0.4, 0.5) is 0 Å². The van der Waals surface area contributed by atoms with Gasteiger partial charge in [-0.15, -0.1) is 0 Å². The Morgan fingerprint density at radius 2 is 1.81 bits per heavy atom. The highest BCUT2D eigenvalue weighted by molar-refractivity contribution is 5.85. The molecule has 0 atom stereocenters. The molecule has 2 aromatic rings. The van der Waals surface area contributed by atoms with Crippen LogP contribution < -0.4 is 4.74 Å². The van der Waals surface area contributed by atoms with E-state index < -0.39 is 5.97 Å². The summed E-state index contributed by atoms with van der Waals surface area (Å²) >= 11 is 0. The average molecular weight is 282 g/mol. The normalized spacial score (nSPS) is 10.8. The first-order valence-corrected chi connectivity index (χ1v) is 6.72. The van der Waals surface area contributed by atoms with Gasteiger partial charge >= 0.3 is 5.97 Å². The van der Waals surface area contributed by atoms with E-state index in [4.69, 9.17) is 9.84 Å². The summed E-state index contributed by atoms with van der Waals surface area (Å²) in [6, 6.07) is 11.6. The van der Waals surface area contributed by atoms with Gasteiger partial charge in [0, 0.05) is 6.08 Å². The molecule has 0 aliphatic rings. The van der Waals surface area contributed by atoms with Crippen molar-refractivity contribution in [3.05, 3.63) is 64.7 Å². The standard InChI is InChI=1S/C18H18O3/c1-12-4-8-17(14(3)10-12)21-16-7-5-15(13(2)11-16)6-9-18(19)20/h4-11H,1-3H3,(H,19,20). The summed E-state index contributed by atoms with van der Waals surface area (Å²) in [5.74, 6) is 0.616. The summed E-state index contributed by atoms with van der Waals surface area (Å²) in [7, 11) is 0. The molecule has 0 saturated heterocycles. The van der Waals surface area contributed by atoms with Crippen LogP contribution in [0, 0.1) is 20.8 Å². The molecule has 2 rings (SSSR count). The van der Waals surface area contributed by atoms with E-state index in [0.717, 1.165) is 34.3 Å². The first kappa shape index (κ1) is 14.9. The predicted molar refractivity (Wildman–Crippen MR) is 83.8 cm³/mol. The van der Waals surface area contributed by atoms with Crippen molar-refractivity contribution in [2.24, 2.45) is 0 Å². The molecule has 108 valence electrons. The van der Waals surface area contributed by atoms with Crippen LogP contribution in [-0.4, -0.2) is 11.1 Å². The quantitative estimate of drug-likeness (QED) is 0.840. The van der Waals surface area contributed by atoms with Crippen molar-refractivity contribution in [2.45, 2.75) is 20.8 Å². The number of hydrogen-bond acceptors (Lipinski definition) is 2. The molecule has 0 amide bonds. The Morgan fingerprint density at radius 3 is 2.43 bits per heavy atom. The number of ether oxygens (including phenoxy) is 1. The molecule has 3 nitrogen and oxygen atoms in total. The van der Waals surface area contributed by atoms with Crippen molar-refractivity contribution < 1.29 is 14.6 Å². The molecule has 1 N–H and O–H groups in total. The van der Waals surface area contributed by atoms with E-state index in [-0.39, 0.29) is 0 Å². The minimum Gasteiger partial charge on any atom is -0.478 e. The molecule has 0 aromatic heterocycles. The summed E-state index contributed by atoms with van der Waals surface area (Å²) in [5.41, 5.74) is 4.12. The van der Waals surface area contributed by atoms with Gasteiger partial charge in [0.15, 0.2) is 0 Å². The van der Waals surface area contributed by atoms with Crippen LogP contribution in [0.2, 0.25) is 0 Å². The number of benzene rings is 2. The summed E-state index contributed by atoms with van der Waals surface area (Å²) in [6.45, 7) is 5.99. The molecule has 21 heavy (non-hydrogen) atoms. The number of rotatable bonds is 4. The van der Waals surface area contributed by atoms with Crippen molar-refractivity contribution in [3.8, 4) is 11.5 Å². The molecule has 0 unspecified atom stereocenters. The van der Waals surface area contributed by atoms with Gasteiger partial charge in [-0.1, -0.05) is 23.8 Å². The van der Waals surface area contributed by atoms with Crippen LogP contribution in [0.15, 0.2) is 42.5 Å². The SMILES string of the molecule is Cc1ccc(Oc2ccc(C=CC(=O)O)c(C)c2)c(C)c1. The highest BCUT2D eigenvalue weighted by atomic mass is 16.5. The fourth-order valence-corrected chi connectivity index (χ4v) is 2.10. The Labute approximate surface area is 124 Å². The topological polar surface area (TPSA) is 46.5 Å². The van der Waals surface area contributed by atoms with Crippen LogP contribution in [-0.2, 0) is 4.79 Å². The molecule has 0 bridgehead atoms. The minimum atomic E-state index is -0.954. The highest BCUT2D eigenvalue weighted by Crippen LogP contribution is 2.27. The molecule has 0 spiro atoms. The zero-order valence-corrected chi connectivity index (χ0v) is 12.4. The molecular weight excluding hydrogens is 264 g/mol. The van der Waals surface area contributed by atoms with Crippen LogP contribution in [0.25, 0.3) is 6.08 Å². The maximum Gasteiger partial charge on any atom is 0.328 e. The lowest BCUT2D eigenvalue weighted by molar-refractivity contribution is -0.131. The van der Waals surface area contributed by atoms with Crippen LogP contribution >= 0.6 is 0 Å². The molecule has 0 fully saturated rings. The third-order valence-electron chi connectivity index (χ3n) is 3.20. The van der Waals surface area contributed by atoms with Gasteiger partial charge < -0.3 is 9.84 Å². The Kier molecular flexibility index (Phi) is 4.43. The van der Waals surface area contributed by atoms with Gasteiger partial charge in [-0.2, -0.15) is 0 Å². The van der Waals surface area contributed by atoms with E-state index in [1.807, 2.05) is 51.1 Å². The number of carboxylic acid groups (broad SMARTS) is 1. The molecule has 2 aromatic carbocycles. The molecule has 0 aliphatic carbocycles. The second-order valence-corrected chi connectivity index (χ2v) is 5.06. The number of aryl methyl sites for hydroxylation is 3. The first-order valence-electron chi connectivity index (χ1n) is 6.72. The fraction of sp³-hybridized carbons (Fsp3) is 0.167. The van der Waals surface area contributed by atoms with Crippen LogP contribution in [0.1, 0.15) is 22.3 Å². The fourth-order valence-electron chi connectivity index (χ4n) is 2.10. The largest absolute Gasteiger partial charge is 0.478 e. The van der Waals surface area contributed by atoms with Crippen LogP contribution in [0.3, 0.4) is 0 Å². The Balaban J connectivity index is 2.22. The van der Waals surface area contributed by atoms with Gasteiger partial charge in [-0.25, -0.2) is 4.79 Å². The van der Waals surface area contributed by atoms with Gasteiger partial charge in [-0.3, -0.25) is 0 Å². The second-order valence-electron chi connectivity index (χ2n) is 5.06. The maximum atomic E-state index is 10.5. The summed E-state index contributed by atoms with van der Waals surface area (Å²) in [5, 5.41) is 8.66. The van der Waals surface area contributed by atoms with Crippen molar-refractivity contribution in [1.29, 1.82) is 0 Å². The first-order chi connectivity index (χ1) is 9.95. The Morgan fingerprint density at radius 1 is 1.05 bits per heavy atom. The Bertz CT molecular complexity index is 700. The predicted octanol–water partition coefficient (Wildman–Crippen LogP) is 4.50. The number of hydrogen-bond donors (Lipinski definition) is 1. The minimum absolute atomic E-state index is 0.743. The molecule has 0 saturated carbocycles. The summed E-state index contributed by atoms with van der Waals surface area (Å²) in [4.78, 5) is 10.5. The molecule has 0 radical (unpaired) electrons. The zero-order chi connectivity index (χ0) is 15.4. The smallest absolute Gasteiger partial charge is 0.328 e. The van der Waals surface area contributed by atoms with E-state index in [1.165, 1.54) is 5.56 Å². The maximum absolute atomic E-state index is 10.5. The highest BCUT2D eigenvalue weighted by Gasteiger charge is 2.04. The van der Waals surface area contributed by atoms with Gasteiger partial charge in [0.1, 0.15) is 11.5 Å². The van der Waals surface area contributed by atoms with Gasteiger partial charge in [0.2, 0.25) is 0 Å². The summed E-state index contributed by atoms with van der Waals surface area (Å²) < 4.78 is 5.89. The van der Waals surface area contributed by atoms with E-state index in [2.05, 4.69) is 6.07 Å². The average Bonchev–Trinajstić information content (AvgIpc) is 2.41. The van der Waals surface area contributed by atoms with E-state index in [1.54, 1.807) is 6.08 Å². The molecule has 0 aliphatic heterocycles. The second kappa shape index (κ2) is 6.27. The number of carboxylic acids is 1. The lowest BCUT2D eigenvalue weighted by Crippen LogP contribution is -1.91. The van der Waals surface area contributed by atoms with E-state index in [0.29, 0.717) is 0 Å².